The van der Waals surface area contributed by atoms with E-state index in [4.69, 9.17) is 33.2 Å². The Kier molecular flexibility index (Phi) is 7.88. The lowest BCUT2D eigenvalue weighted by Gasteiger charge is -2.44. The molecular weight excluding hydrogens is 244 g/mol. The first-order valence-electron chi connectivity index (χ1n) is 5.49. The van der Waals surface area contributed by atoms with Crippen LogP contribution < -0.4 is 0 Å². The van der Waals surface area contributed by atoms with Gasteiger partial charge in [-0.05, 0) is 0 Å². The topological polar surface area (TPSA) is 64.6 Å². The maximum Gasteiger partial charge on any atom is 0.344 e. The maximum absolute atomic E-state index is 5.53. The molecule has 18 heavy (non-hydrogen) atoms. The lowest BCUT2D eigenvalue weighted by molar-refractivity contribution is -0.521. The highest BCUT2D eigenvalue weighted by atomic mass is 17.0. The van der Waals surface area contributed by atoms with Crippen LogP contribution in [0.5, 0.6) is 0 Å². The summed E-state index contributed by atoms with van der Waals surface area (Å²) in [6.45, 7) is 0.860. The average molecular weight is 268 g/mol. The molecule has 0 bridgehead atoms. The minimum Gasteiger partial charge on any atom is -0.347 e. The first-order valence-corrected chi connectivity index (χ1v) is 5.49. The van der Waals surface area contributed by atoms with Gasteiger partial charge >= 0.3 is 5.97 Å². The van der Waals surface area contributed by atoms with E-state index in [2.05, 4.69) is 0 Å². The summed E-state index contributed by atoms with van der Waals surface area (Å²) in [6.07, 6.45) is 0.418. The van der Waals surface area contributed by atoms with E-state index in [9.17, 15) is 0 Å². The van der Waals surface area contributed by atoms with Crippen LogP contribution in [-0.2, 0) is 33.2 Å². The first kappa shape index (κ1) is 17.7. The van der Waals surface area contributed by atoms with Gasteiger partial charge in [-0.25, -0.2) is 0 Å². The van der Waals surface area contributed by atoms with Gasteiger partial charge in [0, 0.05) is 49.1 Å². The molecule has 7 heteroatoms. The highest BCUT2D eigenvalue weighted by molar-refractivity contribution is 4.80. The predicted molar refractivity (Wildman–Crippen MR) is 62.7 cm³/mol. The Morgan fingerprint density at radius 1 is 0.778 bits per heavy atom. The summed E-state index contributed by atoms with van der Waals surface area (Å²) in [5.74, 6) is -2.88. The van der Waals surface area contributed by atoms with E-state index < -0.39 is 18.2 Å². The average Bonchev–Trinajstić information content (AvgIpc) is 2.44. The molecule has 0 fully saturated rings. The van der Waals surface area contributed by atoms with Gasteiger partial charge < -0.3 is 28.4 Å². The molecule has 0 N–H and O–H groups in total. The van der Waals surface area contributed by atoms with Gasteiger partial charge in [-0.1, -0.05) is 6.92 Å². The third kappa shape index (κ3) is 3.18. The number of methoxy groups -OCH3 is 6. The molecule has 0 aliphatic carbocycles. The Morgan fingerprint density at radius 3 is 1.44 bits per heavy atom. The summed E-state index contributed by atoms with van der Waals surface area (Å²) in [5, 5.41) is 0. The SMILES string of the molecule is CCC(OC)(OC)C(OC)(OC)OC(OC)OC. The molecule has 0 aromatic carbocycles. The minimum atomic E-state index is -1.62. The van der Waals surface area contributed by atoms with Crippen molar-refractivity contribution in [3.8, 4) is 0 Å². The van der Waals surface area contributed by atoms with Gasteiger partial charge in [-0.3, -0.25) is 4.74 Å². The van der Waals surface area contributed by atoms with Gasteiger partial charge in [0.15, 0.2) is 0 Å². The van der Waals surface area contributed by atoms with E-state index in [1.807, 2.05) is 6.92 Å². The number of ether oxygens (including phenoxy) is 7. The van der Waals surface area contributed by atoms with Crippen molar-refractivity contribution in [2.45, 2.75) is 31.6 Å². The van der Waals surface area contributed by atoms with Crippen LogP contribution in [0, 0.1) is 0 Å². The molecule has 0 aromatic rings. The van der Waals surface area contributed by atoms with Gasteiger partial charge in [-0.15, -0.1) is 0 Å². The second-order valence-corrected chi connectivity index (χ2v) is 3.36. The maximum atomic E-state index is 5.53. The van der Waals surface area contributed by atoms with E-state index >= 15 is 0 Å². The molecule has 0 atom stereocenters. The van der Waals surface area contributed by atoms with Crippen LogP contribution in [-0.4, -0.2) is 60.9 Å². The molecule has 0 aliphatic rings. The zero-order chi connectivity index (χ0) is 14.2. The van der Waals surface area contributed by atoms with Crippen molar-refractivity contribution in [2.24, 2.45) is 0 Å². The summed E-state index contributed by atoms with van der Waals surface area (Å²) < 4.78 is 36.8. The van der Waals surface area contributed by atoms with Gasteiger partial charge in [0.1, 0.15) is 0 Å². The van der Waals surface area contributed by atoms with Crippen molar-refractivity contribution in [3.63, 3.8) is 0 Å². The smallest absolute Gasteiger partial charge is 0.344 e. The minimum absolute atomic E-state index is 0.418. The molecule has 0 radical (unpaired) electrons. The van der Waals surface area contributed by atoms with E-state index in [1.165, 1.54) is 42.7 Å². The van der Waals surface area contributed by atoms with Crippen molar-refractivity contribution >= 4 is 0 Å². The predicted octanol–water partition coefficient (Wildman–Crippen LogP) is 0.925. The molecule has 0 unspecified atom stereocenters. The molecule has 0 saturated heterocycles. The molecule has 0 aromatic heterocycles. The number of hydrogen-bond donors (Lipinski definition) is 0. The highest BCUT2D eigenvalue weighted by Gasteiger charge is 2.57. The first-order chi connectivity index (χ1) is 8.55. The molecule has 110 valence electrons. The summed E-state index contributed by atoms with van der Waals surface area (Å²) in [7, 11) is 8.62. The lowest BCUT2D eigenvalue weighted by atomic mass is 10.1. The highest BCUT2D eigenvalue weighted by Crippen LogP contribution is 2.36. The van der Waals surface area contributed by atoms with E-state index in [0.717, 1.165) is 0 Å². The van der Waals surface area contributed by atoms with Crippen LogP contribution in [0.2, 0.25) is 0 Å². The van der Waals surface area contributed by atoms with Gasteiger partial charge in [0.05, 0.1) is 0 Å². The van der Waals surface area contributed by atoms with Crippen molar-refractivity contribution in [1.82, 2.24) is 0 Å². The van der Waals surface area contributed by atoms with Crippen LogP contribution in [0.15, 0.2) is 0 Å². The van der Waals surface area contributed by atoms with Crippen LogP contribution in [0.1, 0.15) is 13.3 Å². The number of rotatable bonds is 10. The zero-order valence-electron chi connectivity index (χ0n) is 12.1. The van der Waals surface area contributed by atoms with Gasteiger partial charge in [0.2, 0.25) is 0 Å². The summed E-state index contributed by atoms with van der Waals surface area (Å²) in [5.41, 5.74) is 0. The van der Waals surface area contributed by atoms with E-state index in [1.54, 1.807) is 0 Å². The molecule has 0 amide bonds. The standard InChI is InChI=1S/C11H24O7/c1-8-10(14-4,15-5)11(16-6,17-7)18-9(12-2)13-3/h9H,8H2,1-7H3. The zero-order valence-corrected chi connectivity index (χ0v) is 12.1. The summed E-state index contributed by atoms with van der Waals surface area (Å²) in [6, 6.07) is 0. The molecule has 0 rings (SSSR count). The number of hydrogen-bond acceptors (Lipinski definition) is 7. The van der Waals surface area contributed by atoms with Crippen LogP contribution >= 0.6 is 0 Å². The van der Waals surface area contributed by atoms with Crippen LogP contribution in [0.4, 0.5) is 0 Å². The van der Waals surface area contributed by atoms with Gasteiger partial charge in [-0.2, -0.15) is 0 Å². The molecule has 0 aliphatic heterocycles. The molecular formula is C11H24O7. The monoisotopic (exact) mass is 268 g/mol. The Bertz CT molecular complexity index is 201. The molecule has 0 saturated carbocycles. The van der Waals surface area contributed by atoms with Gasteiger partial charge in [0.25, 0.3) is 12.3 Å². The lowest BCUT2D eigenvalue weighted by Crippen LogP contribution is -2.62. The molecule has 0 spiro atoms. The van der Waals surface area contributed by atoms with Crippen LogP contribution in [0.3, 0.4) is 0 Å². The Morgan fingerprint density at radius 2 is 1.22 bits per heavy atom. The summed E-state index contributed by atoms with van der Waals surface area (Å²) >= 11 is 0. The second-order valence-electron chi connectivity index (χ2n) is 3.36. The van der Waals surface area contributed by atoms with Crippen molar-refractivity contribution in [3.05, 3.63) is 0 Å². The molecule has 0 heterocycles. The normalized spacial score (nSPS) is 13.3. The second kappa shape index (κ2) is 8.00. The van der Waals surface area contributed by atoms with Crippen molar-refractivity contribution in [2.75, 3.05) is 42.7 Å². The fourth-order valence-corrected chi connectivity index (χ4v) is 1.74. The Labute approximate surface area is 108 Å². The fraction of sp³-hybridized carbons (Fsp3) is 1.00. The third-order valence-corrected chi connectivity index (χ3v) is 2.77. The largest absolute Gasteiger partial charge is 0.347 e. The van der Waals surface area contributed by atoms with Crippen molar-refractivity contribution in [1.29, 1.82) is 0 Å². The van der Waals surface area contributed by atoms with E-state index in [0.29, 0.717) is 6.42 Å². The Balaban J connectivity index is 5.33. The van der Waals surface area contributed by atoms with Crippen LogP contribution in [0.25, 0.3) is 0 Å². The molecule has 7 nitrogen and oxygen atoms in total. The summed E-state index contributed by atoms with van der Waals surface area (Å²) in [4.78, 5) is 0. The fourth-order valence-electron chi connectivity index (χ4n) is 1.74. The third-order valence-electron chi connectivity index (χ3n) is 2.77. The van der Waals surface area contributed by atoms with Crippen molar-refractivity contribution < 1.29 is 33.2 Å². The van der Waals surface area contributed by atoms with E-state index in [-0.39, 0.29) is 0 Å². The Hall–Kier alpha value is -0.280. The quantitative estimate of drug-likeness (QED) is 0.546.